The molecule has 4 rings (SSSR count). The minimum Gasteiger partial charge on any atom is -0.485 e. The van der Waals surface area contributed by atoms with Crippen LogP contribution < -0.4 is 14.3 Å². The van der Waals surface area contributed by atoms with Gasteiger partial charge in [0.1, 0.15) is 6.61 Å². The van der Waals surface area contributed by atoms with Gasteiger partial charge in [0.15, 0.2) is 16.3 Å². The molecule has 128 valence electrons. The third-order valence-electron chi connectivity index (χ3n) is 3.95. The third kappa shape index (κ3) is 3.09. The standard InChI is InChI=1S/C18H15BrN2O3S/c1-2-21-12-8-7-11(19)9-16(12)25-18(21)20-17(22)15-10-23-13-5-3-4-6-14(13)24-15/h3-9,15H,2,10H2,1H3. The molecule has 0 spiro atoms. The van der Waals surface area contributed by atoms with Crippen molar-refractivity contribution >= 4 is 43.4 Å². The summed E-state index contributed by atoms with van der Waals surface area (Å²) in [5, 5.41) is 0. The summed E-state index contributed by atoms with van der Waals surface area (Å²) in [6.07, 6.45) is -0.725. The van der Waals surface area contributed by atoms with E-state index in [0.717, 1.165) is 21.2 Å². The molecule has 0 radical (unpaired) electrons. The topological polar surface area (TPSA) is 52.8 Å². The number of fused-ring (bicyclic) bond motifs is 2. The van der Waals surface area contributed by atoms with Gasteiger partial charge in [-0.3, -0.25) is 4.79 Å². The second kappa shape index (κ2) is 6.65. The molecule has 3 aromatic rings. The first-order chi connectivity index (χ1) is 12.2. The Balaban J connectivity index is 1.69. The van der Waals surface area contributed by atoms with Gasteiger partial charge in [0.05, 0.1) is 10.2 Å². The lowest BCUT2D eigenvalue weighted by Gasteiger charge is -2.23. The summed E-state index contributed by atoms with van der Waals surface area (Å²) in [4.78, 5) is 17.6. The van der Waals surface area contributed by atoms with Crippen molar-refractivity contribution in [3.05, 3.63) is 51.7 Å². The normalized spacial score (nSPS) is 17.0. The second-order valence-electron chi connectivity index (χ2n) is 5.56. The molecular weight excluding hydrogens is 404 g/mol. The predicted molar refractivity (Wildman–Crippen MR) is 100 cm³/mol. The van der Waals surface area contributed by atoms with Gasteiger partial charge in [-0.05, 0) is 37.3 Å². The number of amides is 1. The summed E-state index contributed by atoms with van der Waals surface area (Å²) >= 11 is 4.97. The molecule has 1 amide bonds. The van der Waals surface area contributed by atoms with Crippen LogP contribution in [-0.2, 0) is 11.3 Å². The maximum Gasteiger partial charge on any atom is 0.292 e. The first-order valence-electron chi connectivity index (χ1n) is 7.91. The highest BCUT2D eigenvalue weighted by Gasteiger charge is 2.27. The molecule has 0 bridgehead atoms. The maximum absolute atomic E-state index is 12.6. The van der Waals surface area contributed by atoms with Crippen molar-refractivity contribution in [1.82, 2.24) is 4.57 Å². The number of hydrogen-bond donors (Lipinski definition) is 0. The van der Waals surface area contributed by atoms with Crippen LogP contribution in [0.5, 0.6) is 11.5 Å². The Kier molecular flexibility index (Phi) is 4.35. The van der Waals surface area contributed by atoms with Crippen LogP contribution in [0.15, 0.2) is 51.9 Å². The number of aryl methyl sites for hydroxylation is 1. The van der Waals surface area contributed by atoms with Gasteiger partial charge in [-0.1, -0.05) is 39.4 Å². The summed E-state index contributed by atoms with van der Waals surface area (Å²) in [7, 11) is 0. The van der Waals surface area contributed by atoms with Crippen molar-refractivity contribution in [2.24, 2.45) is 4.99 Å². The molecule has 1 aromatic heterocycles. The Bertz CT molecular complexity index is 1020. The number of para-hydroxylation sites is 2. The fourth-order valence-corrected chi connectivity index (χ4v) is 4.40. The number of halogens is 1. The summed E-state index contributed by atoms with van der Waals surface area (Å²) in [6, 6.07) is 13.4. The van der Waals surface area contributed by atoms with Crippen LogP contribution in [0.3, 0.4) is 0 Å². The Morgan fingerprint density at radius 3 is 2.92 bits per heavy atom. The van der Waals surface area contributed by atoms with Crippen molar-refractivity contribution in [3.8, 4) is 11.5 Å². The Hall–Kier alpha value is -2.12. The van der Waals surface area contributed by atoms with Crippen molar-refractivity contribution in [2.45, 2.75) is 19.6 Å². The van der Waals surface area contributed by atoms with Crippen LogP contribution in [-0.4, -0.2) is 23.2 Å². The van der Waals surface area contributed by atoms with Crippen LogP contribution in [0.25, 0.3) is 10.2 Å². The van der Waals surface area contributed by atoms with Crippen molar-refractivity contribution in [2.75, 3.05) is 6.61 Å². The van der Waals surface area contributed by atoms with Crippen LogP contribution in [0.2, 0.25) is 0 Å². The zero-order chi connectivity index (χ0) is 17.4. The summed E-state index contributed by atoms with van der Waals surface area (Å²) in [6.45, 7) is 2.94. The molecule has 0 N–H and O–H groups in total. The third-order valence-corrected chi connectivity index (χ3v) is 5.49. The van der Waals surface area contributed by atoms with E-state index in [9.17, 15) is 4.79 Å². The number of rotatable bonds is 2. The molecule has 0 fully saturated rings. The van der Waals surface area contributed by atoms with Gasteiger partial charge >= 0.3 is 0 Å². The molecule has 7 heteroatoms. The zero-order valence-electron chi connectivity index (χ0n) is 13.4. The number of thiazole rings is 1. The average molecular weight is 419 g/mol. The van der Waals surface area contributed by atoms with Gasteiger partial charge in [0, 0.05) is 11.0 Å². The molecule has 25 heavy (non-hydrogen) atoms. The van der Waals surface area contributed by atoms with Crippen LogP contribution in [0.1, 0.15) is 6.92 Å². The number of benzene rings is 2. The maximum atomic E-state index is 12.6. The van der Waals surface area contributed by atoms with Crippen molar-refractivity contribution in [3.63, 3.8) is 0 Å². The molecule has 1 atom stereocenters. The zero-order valence-corrected chi connectivity index (χ0v) is 15.8. The van der Waals surface area contributed by atoms with Gasteiger partial charge in [-0.25, -0.2) is 0 Å². The Morgan fingerprint density at radius 1 is 1.32 bits per heavy atom. The van der Waals surface area contributed by atoms with E-state index in [1.165, 1.54) is 11.3 Å². The van der Waals surface area contributed by atoms with Crippen LogP contribution >= 0.6 is 27.3 Å². The highest BCUT2D eigenvalue weighted by Crippen LogP contribution is 2.31. The number of ether oxygens (including phenoxy) is 2. The average Bonchev–Trinajstić information content (AvgIpc) is 2.97. The Labute approximate surface area is 156 Å². The minimum absolute atomic E-state index is 0.169. The molecule has 2 heterocycles. The molecule has 0 saturated carbocycles. The number of carbonyl (C=O) groups excluding carboxylic acids is 1. The molecular formula is C18H15BrN2O3S. The van der Waals surface area contributed by atoms with E-state index in [1.54, 1.807) is 6.07 Å². The van der Waals surface area contributed by atoms with Gasteiger partial charge in [0.2, 0.25) is 6.10 Å². The van der Waals surface area contributed by atoms with Gasteiger partial charge in [0.25, 0.3) is 5.91 Å². The van der Waals surface area contributed by atoms with E-state index in [4.69, 9.17) is 9.47 Å². The molecule has 0 aliphatic carbocycles. The fourth-order valence-electron chi connectivity index (χ4n) is 2.75. The number of carbonyl (C=O) groups is 1. The lowest BCUT2D eigenvalue weighted by Crippen LogP contribution is -2.36. The lowest BCUT2D eigenvalue weighted by molar-refractivity contribution is -0.127. The fraction of sp³-hybridized carbons (Fsp3) is 0.222. The molecule has 1 aliphatic heterocycles. The van der Waals surface area contributed by atoms with E-state index in [1.807, 2.05) is 47.9 Å². The number of nitrogens with zero attached hydrogens (tertiary/aromatic N) is 2. The largest absolute Gasteiger partial charge is 0.485 e. The van der Waals surface area contributed by atoms with E-state index in [-0.39, 0.29) is 12.5 Å². The lowest BCUT2D eigenvalue weighted by atomic mass is 10.2. The first kappa shape index (κ1) is 16.4. The van der Waals surface area contributed by atoms with Crippen molar-refractivity contribution in [1.29, 1.82) is 0 Å². The summed E-state index contributed by atoms with van der Waals surface area (Å²) < 4.78 is 15.5. The summed E-state index contributed by atoms with van der Waals surface area (Å²) in [5.74, 6) is 0.898. The van der Waals surface area contributed by atoms with Crippen LogP contribution in [0.4, 0.5) is 0 Å². The smallest absolute Gasteiger partial charge is 0.292 e. The molecule has 1 aliphatic rings. The van der Waals surface area contributed by atoms with E-state index >= 15 is 0 Å². The highest BCUT2D eigenvalue weighted by molar-refractivity contribution is 9.10. The van der Waals surface area contributed by atoms with Crippen molar-refractivity contribution < 1.29 is 14.3 Å². The molecule has 0 saturated heterocycles. The summed E-state index contributed by atoms with van der Waals surface area (Å²) in [5.41, 5.74) is 1.06. The highest BCUT2D eigenvalue weighted by atomic mass is 79.9. The monoisotopic (exact) mass is 418 g/mol. The second-order valence-corrected chi connectivity index (χ2v) is 7.48. The number of hydrogen-bond acceptors (Lipinski definition) is 4. The SMILES string of the molecule is CCn1c(=NC(=O)C2COc3ccccc3O2)sc2cc(Br)ccc21. The van der Waals surface area contributed by atoms with Gasteiger partial charge in [-0.2, -0.15) is 4.99 Å². The van der Waals surface area contributed by atoms with Gasteiger partial charge < -0.3 is 14.0 Å². The minimum atomic E-state index is -0.725. The van der Waals surface area contributed by atoms with E-state index in [0.29, 0.717) is 16.3 Å². The molecule has 5 nitrogen and oxygen atoms in total. The van der Waals surface area contributed by atoms with Crippen LogP contribution in [0, 0.1) is 0 Å². The van der Waals surface area contributed by atoms with E-state index < -0.39 is 6.10 Å². The predicted octanol–water partition coefficient (Wildman–Crippen LogP) is 3.75. The molecule has 2 aromatic carbocycles. The van der Waals surface area contributed by atoms with E-state index in [2.05, 4.69) is 20.9 Å². The quantitative estimate of drug-likeness (QED) is 0.636. The first-order valence-corrected chi connectivity index (χ1v) is 9.52. The Morgan fingerprint density at radius 2 is 2.12 bits per heavy atom. The molecule has 1 unspecified atom stereocenters. The number of aromatic nitrogens is 1. The van der Waals surface area contributed by atoms with Gasteiger partial charge in [-0.15, -0.1) is 0 Å².